The van der Waals surface area contributed by atoms with Crippen molar-refractivity contribution in [3.8, 4) is 0 Å². The molecule has 0 amide bonds. The molecule has 0 saturated carbocycles. The molecule has 2 radical (unpaired) electrons. The van der Waals surface area contributed by atoms with Crippen LogP contribution in [0.3, 0.4) is 0 Å². The van der Waals surface area contributed by atoms with Crippen molar-refractivity contribution >= 4 is 90.9 Å². The summed E-state index contributed by atoms with van der Waals surface area (Å²) in [7, 11) is -9.33. The summed E-state index contributed by atoms with van der Waals surface area (Å²) < 4.78 is 63.5. The second-order valence-corrected chi connectivity index (χ2v) is 7.81. The average molecular weight is 414 g/mol. The Hall–Kier alpha value is -0.400. The molecule has 0 aliphatic heterocycles. The summed E-state index contributed by atoms with van der Waals surface area (Å²) in [6.07, 6.45) is 0. The SMILES string of the molecule is O=C1c2cc(S(=O)(=O)O)ccc2C(=O)c2c1cccc2S(=O)(=O)O.[Na].[Na]. The van der Waals surface area contributed by atoms with Crippen molar-refractivity contribution in [3.63, 3.8) is 0 Å². The van der Waals surface area contributed by atoms with Crippen molar-refractivity contribution < 1.29 is 35.5 Å². The Labute approximate surface area is 193 Å². The molecule has 0 aromatic heterocycles. The smallest absolute Gasteiger partial charge is 0.289 e. The molecule has 0 unspecified atom stereocenters. The Morgan fingerprint density at radius 1 is 0.692 bits per heavy atom. The minimum absolute atomic E-state index is 0. The van der Waals surface area contributed by atoms with Gasteiger partial charge in [-0.25, -0.2) is 0 Å². The van der Waals surface area contributed by atoms with Gasteiger partial charge in [-0.2, -0.15) is 16.8 Å². The first-order chi connectivity index (χ1) is 11.0. The van der Waals surface area contributed by atoms with Crippen LogP contribution in [0, 0.1) is 0 Å². The molecule has 0 fully saturated rings. The molecule has 0 spiro atoms. The first kappa shape index (κ1) is 23.6. The number of hydrogen-bond donors (Lipinski definition) is 2. The average Bonchev–Trinajstić information content (AvgIpc) is 2.49. The van der Waals surface area contributed by atoms with Gasteiger partial charge in [0.15, 0.2) is 11.6 Å². The van der Waals surface area contributed by atoms with E-state index in [4.69, 9.17) is 4.55 Å². The number of carbonyl (C=O) groups is 2. The second-order valence-electron chi connectivity index (χ2n) is 4.99. The van der Waals surface area contributed by atoms with Crippen LogP contribution in [0.25, 0.3) is 0 Å². The van der Waals surface area contributed by atoms with E-state index < -0.39 is 47.2 Å². The van der Waals surface area contributed by atoms with Crippen LogP contribution in [0.4, 0.5) is 0 Å². The van der Waals surface area contributed by atoms with Crippen molar-refractivity contribution in [2.75, 3.05) is 0 Å². The molecular weight excluding hydrogens is 406 g/mol. The summed E-state index contributed by atoms with van der Waals surface area (Å²) in [5.74, 6) is -1.65. The van der Waals surface area contributed by atoms with Crippen molar-refractivity contribution in [2.24, 2.45) is 0 Å². The Morgan fingerprint density at radius 2 is 1.31 bits per heavy atom. The van der Waals surface area contributed by atoms with Gasteiger partial charge in [-0.15, -0.1) is 0 Å². The fourth-order valence-corrected chi connectivity index (χ4v) is 3.74. The van der Waals surface area contributed by atoms with Crippen LogP contribution in [-0.2, 0) is 20.2 Å². The van der Waals surface area contributed by atoms with Gasteiger partial charge in [0.2, 0.25) is 0 Å². The van der Waals surface area contributed by atoms with Crippen molar-refractivity contribution in [1.29, 1.82) is 0 Å². The van der Waals surface area contributed by atoms with E-state index in [-0.39, 0.29) is 75.8 Å². The Kier molecular flexibility index (Phi) is 7.20. The van der Waals surface area contributed by atoms with Crippen molar-refractivity contribution in [3.05, 3.63) is 58.7 Å². The largest absolute Gasteiger partial charge is 0.295 e. The summed E-state index contributed by atoms with van der Waals surface area (Å²) in [4.78, 5) is 23.8. The predicted octanol–water partition coefficient (Wildman–Crippen LogP) is 0.194. The maximum absolute atomic E-state index is 12.5. The molecule has 0 saturated heterocycles. The fraction of sp³-hybridized carbons (Fsp3) is 0. The quantitative estimate of drug-likeness (QED) is 0.447. The maximum Gasteiger partial charge on any atom is 0.295 e. The normalized spacial score (nSPS) is 13.2. The number of ketones is 2. The van der Waals surface area contributed by atoms with Gasteiger partial charge in [0.25, 0.3) is 20.2 Å². The molecule has 2 N–H and O–H groups in total. The first-order valence-electron chi connectivity index (χ1n) is 6.33. The molecule has 1 aliphatic rings. The van der Waals surface area contributed by atoms with E-state index in [0.29, 0.717) is 0 Å². The van der Waals surface area contributed by atoms with Crippen LogP contribution in [-0.4, -0.2) is 96.6 Å². The molecule has 26 heavy (non-hydrogen) atoms. The standard InChI is InChI=1S/C14H8O8S2.2Na/c15-13-9-2-1-3-11(24(20,21)22)12(9)14(16)8-5-4-7(6-10(8)13)23(17,18)19;;/h1-6H,(H,17,18,19)(H,20,21,22);;. The van der Waals surface area contributed by atoms with Crippen LogP contribution in [0.15, 0.2) is 46.2 Å². The number of benzene rings is 2. The van der Waals surface area contributed by atoms with Crippen molar-refractivity contribution in [1.82, 2.24) is 0 Å². The molecule has 126 valence electrons. The number of hydrogen-bond acceptors (Lipinski definition) is 6. The van der Waals surface area contributed by atoms with E-state index in [0.717, 1.165) is 24.3 Å². The van der Waals surface area contributed by atoms with E-state index >= 15 is 0 Å². The molecule has 0 atom stereocenters. The van der Waals surface area contributed by atoms with Gasteiger partial charge >= 0.3 is 0 Å². The fourth-order valence-electron chi connectivity index (χ4n) is 2.52. The topological polar surface area (TPSA) is 143 Å². The zero-order chi connectivity index (χ0) is 17.9. The van der Waals surface area contributed by atoms with Crippen LogP contribution in [0.5, 0.6) is 0 Å². The zero-order valence-corrected chi connectivity index (χ0v) is 19.3. The van der Waals surface area contributed by atoms with Gasteiger partial charge in [-0.3, -0.25) is 18.7 Å². The molecule has 8 nitrogen and oxygen atoms in total. The van der Waals surface area contributed by atoms with E-state index in [2.05, 4.69) is 0 Å². The van der Waals surface area contributed by atoms with Gasteiger partial charge in [-0.1, -0.05) is 12.1 Å². The molecule has 0 bridgehead atoms. The summed E-state index contributed by atoms with van der Waals surface area (Å²) in [5, 5.41) is 0. The van der Waals surface area contributed by atoms with Crippen LogP contribution < -0.4 is 0 Å². The summed E-state index contributed by atoms with van der Waals surface area (Å²) in [6, 6.07) is 6.10. The van der Waals surface area contributed by atoms with Crippen LogP contribution in [0.2, 0.25) is 0 Å². The zero-order valence-electron chi connectivity index (χ0n) is 13.6. The van der Waals surface area contributed by atoms with E-state index in [1.165, 1.54) is 12.1 Å². The monoisotopic (exact) mass is 414 g/mol. The van der Waals surface area contributed by atoms with E-state index in [9.17, 15) is 31.0 Å². The number of carbonyl (C=O) groups excluding carboxylic acids is 2. The third-order valence-corrected chi connectivity index (χ3v) is 5.30. The van der Waals surface area contributed by atoms with Gasteiger partial charge in [0, 0.05) is 75.8 Å². The molecule has 0 heterocycles. The number of rotatable bonds is 2. The van der Waals surface area contributed by atoms with E-state index in [1.807, 2.05) is 0 Å². The number of fused-ring (bicyclic) bond motifs is 2. The first-order valence-corrected chi connectivity index (χ1v) is 9.21. The minimum atomic E-state index is -4.74. The maximum atomic E-state index is 12.5. The van der Waals surface area contributed by atoms with Gasteiger partial charge in [0.05, 0.1) is 10.5 Å². The Balaban J connectivity index is 0.00000169. The predicted molar refractivity (Wildman–Crippen MR) is 90.9 cm³/mol. The summed E-state index contributed by atoms with van der Waals surface area (Å²) in [5.41, 5.74) is -1.27. The van der Waals surface area contributed by atoms with E-state index in [1.54, 1.807) is 0 Å². The molecule has 3 rings (SSSR count). The molecule has 2 aromatic carbocycles. The Bertz CT molecular complexity index is 1130. The van der Waals surface area contributed by atoms with Crippen LogP contribution >= 0.6 is 0 Å². The van der Waals surface area contributed by atoms with Gasteiger partial charge in [-0.05, 0) is 24.3 Å². The van der Waals surface area contributed by atoms with Gasteiger partial charge < -0.3 is 0 Å². The second kappa shape index (κ2) is 7.92. The van der Waals surface area contributed by atoms with Gasteiger partial charge in [0.1, 0.15) is 4.90 Å². The molecular formula is C14H8Na2O8S2. The molecule has 1 aliphatic carbocycles. The molecule has 2 aromatic rings. The van der Waals surface area contributed by atoms with Crippen molar-refractivity contribution in [2.45, 2.75) is 9.79 Å². The third-order valence-electron chi connectivity index (χ3n) is 3.55. The minimum Gasteiger partial charge on any atom is -0.289 e. The third kappa shape index (κ3) is 4.04. The molecule has 12 heteroatoms. The van der Waals surface area contributed by atoms with Crippen LogP contribution in [0.1, 0.15) is 31.8 Å². The Morgan fingerprint density at radius 3 is 1.85 bits per heavy atom. The summed E-state index contributed by atoms with van der Waals surface area (Å²) in [6.45, 7) is 0. The summed E-state index contributed by atoms with van der Waals surface area (Å²) >= 11 is 0.